The molecule has 1 atom stereocenters. The Morgan fingerprint density at radius 1 is 1.07 bits per heavy atom. The largest absolute Gasteiger partial charge is 0.376 e. The summed E-state index contributed by atoms with van der Waals surface area (Å²) >= 11 is 14.0. The maximum Gasteiger partial charge on any atom is 0.191 e. The summed E-state index contributed by atoms with van der Waals surface area (Å²) in [7, 11) is 0. The van der Waals surface area contributed by atoms with Crippen molar-refractivity contribution in [3.8, 4) is 11.4 Å². The van der Waals surface area contributed by atoms with Gasteiger partial charge < -0.3 is 4.74 Å². The van der Waals surface area contributed by atoms with Crippen LogP contribution in [-0.4, -0.2) is 27.5 Å². The molecule has 3 aromatic rings. The van der Waals surface area contributed by atoms with Gasteiger partial charge in [0.2, 0.25) is 0 Å². The SMILES string of the molecule is Clc1ccc(-c2nnc(SCc3ccccc3Cl)n2C[C@H]2CCCO2)cc1. The fraction of sp³-hybridized carbons (Fsp3) is 0.300. The third-order valence-electron chi connectivity index (χ3n) is 4.54. The fourth-order valence-corrected chi connectivity index (χ4v) is 4.48. The van der Waals surface area contributed by atoms with Gasteiger partial charge in [-0.2, -0.15) is 0 Å². The molecule has 0 amide bonds. The minimum atomic E-state index is 0.201. The van der Waals surface area contributed by atoms with E-state index < -0.39 is 0 Å². The molecule has 1 aliphatic rings. The molecule has 1 saturated heterocycles. The Balaban J connectivity index is 1.61. The average molecular weight is 420 g/mol. The summed E-state index contributed by atoms with van der Waals surface area (Å²) < 4.78 is 8.00. The van der Waals surface area contributed by atoms with Crippen LogP contribution in [0, 0.1) is 0 Å². The predicted octanol–water partition coefficient (Wildman–Crippen LogP) is 5.72. The first-order chi connectivity index (χ1) is 13.2. The first-order valence-electron chi connectivity index (χ1n) is 8.87. The van der Waals surface area contributed by atoms with Crippen molar-refractivity contribution in [3.05, 3.63) is 64.1 Å². The number of thioether (sulfide) groups is 1. The predicted molar refractivity (Wildman–Crippen MR) is 110 cm³/mol. The van der Waals surface area contributed by atoms with Crippen molar-refractivity contribution in [1.29, 1.82) is 0 Å². The van der Waals surface area contributed by atoms with Crippen molar-refractivity contribution >= 4 is 35.0 Å². The maximum absolute atomic E-state index is 6.29. The lowest BCUT2D eigenvalue weighted by Crippen LogP contribution is -2.16. The van der Waals surface area contributed by atoms with Gasteiger partial charge in [-0.25, -0.2) is 0 Å². The molecular formula is C20H19Cl2N3OS. The zero-order valence-electron chi connectivity index (χ0n) is 14.6. The number of rotatable bonds is 6. The lowest BCUT2D eigenvalue weighted by Gasteiger charge is -2.15. The molecule has 0 saturated carbocycles. The Morgan fingerprint density at radius 3 is 2.63 bits per heavy atom. The number of hydrogen-bond acceptors (Lipinski definition) is 4. The molecule has 2 heterocycles. The summed E-state index contributed by atoms with van der Waals surface area (Å²) in [6.45, 7) is 1.57. The van der Waals surface area contributed by atoms with E-state index in [1.54, 1.807) is 11.8 Å². The number of aromatic nitrogens is 3. The highest BCUT2D eigenvalue weighted by molar-refractivity contribution is 7.98. The zero-order chi connectivity index (χ0) is 18.6. The molecule has 0 bridgehead atoms. The third kappa shape index (κ3) is 4.49. The minimum absolute atomic E-state index is 0.201. The number of ether oxygens (including phenoxy) is 1. The van der Waals surface area contributed by atoms with E-state index in [9.17, 15) is 0 Å². The first-order valence-corrected chi connectivity index (χ1v) is 10.6. The van der Waals surface area contributed by atoms with E-state index in [1.807, 2.05) is 48.5 Å². The maximum atomic E-state index is 6.29. The van der Waals surface area contributed by atoms with E-state index in [-0.39, 0.29) is 6.10 Å². The van der Waals surface area contributed by atoms with Crippen LogP contribution in [0.2, 0.25) is 10.0 Å². The topological polar surface area (TPSA) is 39.9 Å². The summed E-state index contributed by atoms with van der Waals surface area (Å²) in [6, 6.07) is 15.6. The third-order valence-corrected chi connectivity index (χ3v) is 6.18. The summed E-state index contributed by atoms with van der Waals surface area (Å²) in [6.07, 6.45) is 2.37. The molecule has 1 aliphatic heterocycles. The van der Waals surface area contributed by atoms with Crippen LogP contribution >= 0.6 is 35.0 Å². The molecule has 1 fully saturated rings. The Morgan fingerprint density at radius 2 is 1.89 bits per heavy atom. The number of hydrogen-bond donors (Lipinski definition) is 0. The summed E-state index contributed by atoms with van der Waals surface area (Å²) in [5.41, 5.74) is 2.08. The van der Waals surface area contributed by atoms with E-state index in [4.69, 9.17) is 27.9 Å². The van der Waals surface area contributed by atoms with Gasteiger partial charge >= 0.3 is 0 Å². The normalized spacial score (nSPS) is 16.7. The second kappa shape index (κ2) is 8.65. The van der Waals surface area contributed by atoms with Gasteiger partial charge in [-0.3, -0.25) is 4.57 Å². The van der Waals surface area contributed by atoms with Gasteiger partial charge in [-0.15, -0.1) is 10.2 Å². The van der Waals surface area contributed by atoms with Crippen LogP contribution in [0.5, 0.6) is 0 Å². The molecule has 4 nitrogen and oxygen atoms in total. The molecule has 0 aliphatic carbocycles. The zero-order valence-corrected chi connectivity index (χ0v) is 17.0. The Bertz CT molecular complexity index is 908. The minimum Gasteiger partial charge on any atom is -0.376 e. The van der Waals surface area contributed by atoms with Crippen LogP contribution in [0.25, 0.3) is 11.4 Å². The van der Waals surface area contributed by atoms with E-state index in [1.165, 1.54) is 0 Å². The van der Waals surface area contributed by atoms with Crippen molar-refractivity contribution in [1.82, 2.24) is 14.8 Å². The number of benzene rings is 2. The van der Waals surface area contributed by atoms with Crippen molar-refractivity contribution < 1.29 is 4.74 Å². The molecule has 0 unspecified atom stereocenters. The van der Waals surface area contributed by atoms with Gasteiger partial charge in [0.25, 0.3) is 0 Å². The van der Waals surface area contributed by atoms with Crippen LogP contribution in [0.15, 0.2) is 53.7 Å². The molecule has 7 heteroatoms. The van der Waals surface area contributed by atoms with Gasteiger partial charge in [-0.05, 0) is 48.7 Å². The van der Waals surface area contributed by atoms with Gasteiger partial charge in [0.1, 0.15) is 0 Å². The van der Waals surface area contributed by atoms with Gasteiger partial charge in [0.15, 0.2) is 11.0 Å². The number of halogens is 2. The van der Waals surface area contributed by atoms with Crippen molar-refractivity contribution in [2.75, 3.05) is 6.61 Å². The van der Waals surface area contributed by atoms with E-state index >= 15 is 0 Å². The smallest absolute Gasteiger partial charge is 0.191 e. The summed E-state index contributed by atoms with van der Waals surface area (Å²) in [5.74, 6) is 1.58. The van der Waals surface area contributed by atoms with Crippen LogP contribution in [0.1, 0.15) is 18.4 Å². The van der Waals surface area contributed by atoms with Gasteiger partial charge in [0.05, 0.1) is 12.6 Å². The van der Waals surface area contributed by atoms with Gasteiger partial charge in [-0.1, -0.05) is 53.2 Å². The fourth-order valence-electron chi connectivity index (χ4n) is 3.12. The molecular weight excluding hydrogens is 401 g/mol. The second-order valence-electron chi connectivity index (χ2n) is 6.44. The van der Waals surface area contributed by atoms with E-state index in [2.05, 4.69) is 14.8 Å². The molecule has 27 heavy (non-hydrogen) atoms. The second-order valence-corrected chi connectivity index (χ2v) is 8.22. The monoisotopic (exact) mass is 419 g/mol. The van der Waals surface area contributed by atoms with Crippen molar-refractivity contribution in [2.45, 2.75) is 36.4 Å². The molecule has 0 N–H and O–H groups in total. The Kier molecular flexibility index (Phi) is 6.03. The summed E-state index contributed by atoms with van der Waals surface area (Å²) in [4.78, 5) is 0. The lowest BCUT2D eigenvalue weighted by molar-refractivity contribution is 0.0953. The first kappa shape index (κ1) is 18.8. The Hall–Kier alpha value is -1.53. The molecule has 140 valence electrons. The quantitative estimate of drug-likeness (QED) is 0.478. The average Bonchev–Trinajstić information content (AvgIpc) is 3.33. The molecule has 1 aromatic heterocycles. The molecule has 0 radical (unpaired) electrons. The van der Waals surface area contributed by atoms with Crippen LogP contribution < -0.4 is 0 Å². The standard InChI is InChI=1S/C20H19Cl2N3OS/c21-16-9-7-14(8-10-16)19-23-24-20(25(19)12-17-5-3-11-26-17)27-13-15-4-1-2-6-18(15)22/h1-2,4,6-10,17H,3,5,11-13H2/t17-/m1/s1. The highest BCUT2D eigenvalue weighted by Crippen LogP contribution is 2.30. The Labute approximate surface area is 172 Å². The van der Waals surface area contributed by atoms with E-state index in [0.717, 1.165) is 58.9 Å². The van der Waals surface area contributed by atoms with Crippen molar-refractivity contribution in [2.24, 2.45) is 0 Å². The van der Waals surface area contributed by atoms with Gasteiger partial charge in [0, 0.05) is 28.0 Å². The molecule has 4 rings (SSSR count). The van der Waals surface area contributed by atoms with Crippen LogP contribution in [0.4, 0.5) is 0 Å². The highest BCUT2D eigenvalue weighted by Gasteiger charge is 2.22. The number of nitrogens with zero attached hydrogens (tertiary/aromatic N) is 3. The van der Waals surface area contributed by atoms with E-state index in [0.29, 0.717) is 5.02 Å². The van der Waals surface area contributed by atoms with Crippen LogP contribution in [0.3, 0.4) is 0 Å². The molecule has 0 spiro atoms. The van der Waals surface area contributed by atoms with Crippen LogP contribution in [-0.2, 0) is 17.0 Å². The van der Waals surface area contributed by atoms with Crippen molar-refractivity contribution in [3.63, 3.8) is 0 Å². The highest BCUT2D eigenvalue weighted by atomic mass is 35.5. The lowest BCUT2D eigenvalue weighted by atomic mass is 10.2. The summed E-state index contributed by atoms with van der Waals surface area (Å²) in [5, 5.41) is 11.2. The molecule has 2 aromatic carbocycles.